The van der Waals surface area contributed by atoms with E-state index in [1.807, 2.05) is 12.1 Å². The van der Waals surface area contributed by atoms with Gasteiger partial charge in [0.2, 0.25) is 0 Å². The third-order valence-electron chi connectivity index (χ3n) is 4.08. The molecule has 2 nitrogen and oxygen atoms in total. The summed E-state index contributed by atoms with van der Waals surface area (Å²) in [6.07, 6.45) is 5.63. The van der Waals surface area contributed by atoms with E-state index >= 15 is 0 Å². The Kier molecular flexibility index (Phi) is 4.44. The molecule has 2 rings (SSSR count). The first-order valence-electron chi connectivity index (χ1n) is 6.71. The van der Waals surface area contributed by atoms with Crippen LogP contribution in [0.4, 0.5) is 5.69 Å². The molecule has 1 aromatic carbocycles. The van der Waals surface area contributed by atoms with Gasteiger partial charge in [0.05, 0.1) is 0 Å². The monoisotopic (exact) mass is 309 g/mol. The molecular weight excluding hydrogens is 290 g/mol. The molecule has 2 N–H and O–H groups in total. The number of benzene rings is 1. The molecule has 18 heavy (non-hydrogen) atoms. The molecule has 0 spiro atoms. The van der Waals surface area contributed by atoms with Crippen molar-refractivity contribution in [2.75, 3.05) is 5.73 Å². The molecule has 0 aromatic heterocycles. The summed E-state index contributed by atoms with van der Waals surface area (Å²) >= 11 is 3.40. The zero-order chi connectivity index (χ0) is 13.1. The van der Waals surface area contributed by atoms with Gasteiger partial charge in [-0.3, -0.25) is 4.79 Å². The predicted molar refractivity (Wildman–Crippen MR) is 78.6 cm³/mol. The van der Waals surface area contributed by atoms with Gasteiger partial charge >= 0.3 is 0 Å². The van der Waals surface area contributed by atoms with E-state index in [1.165, 1.54) is 19.3 Å². The van der Waals surface area contributed by atoms with Crippen LogP contribution in [0.2, 0.25) is 0 Å². The van der Waals surface area contributed by atoms with Crippen molar-refractivity contribution in [1.82, 2.24) is 0 Å². The van der Waals surface area contributed by atoms with Crippen LogP contribution in [0.5, 0.6) is 0 Å². The van der Waals surface area contributed by atoms with Crippen LogP contribution in [-0.4, -0.2) is 5.78 Å². The van der Waals surface area contributed by atoms with Crippen molar-refractivity contribution in [3.63, 3.8) is 0 Å². The smallest absolute Gasteiger partial charge is 0.168 e. The number of nitrogen functional groups attached to an aromatic ring is 1. The summed E-state index contributed by atoms with van der Waals surface area (Å²) in [7, 11) is 0. The van der Waals surface area contributed by atoms with E-state index in [0.29, 0.717) is 11.3 Å². The SMILES string of the molecule is CCC1CCC(C(=O)c2cc(Br)ccc2N)CC1. The van der Waals surface area contributed by atoms with Gasteiger partial charge in [0.25, 0.3) is 0 Å². The van der Waals surface area contributed by atoms with E-state index < -0.39 is 0 Å². The summed E-state index contributed by atoms with van der Waals surface area (Å²) in [4.78, 5) is 12.5. The first kappa shape index (κ1) is 13.6. The van der Waals surface area contributed by atoms with Crippen LogP contribution in [0.1, 0.15) is 49.4 Å². The second-order valence-electron chi connectivity index (χ2n) is 5.22. The van der Waals surface area contributed by atoms with E-state index in [9.17, 15) is 4.79 Å². The number of halogens is 1. The van der Waals surface area contributed by atoms with Crippen LogP contribution in [0, 0.1) is 11.8 Å². The molecule has 1 aliphatic carbocycles. The van der Waals surface area contributed by atoms with Crippen molar-refractivity contribution in [2.24, 2.45) is 11.8 Å². The summed E-state index contributed by atoms with van der Waals surface area (Å²) in [6, 6.07) is 5.53. The largest absolute Gasteiger partial charge is 0.398 e. The summed E-state index contributed by atoms with van der Waals surface area (Å²) in [5.41, 5.74) is 7.19. The summed E-state index contributed by atoms with van der Waals surface area (Å²) in [6.45, 7) is 2.24. The van der Waals surface area contributed by atoms with Gasteiger partial charge in [-0.1, -0.05) is 29.3 Å². The van der Waals surface area contributed by atoms with Crippen molar-refractivity contribution in [3.8, 4) is 0 Å². The maximum atomic E-state index is 12.5. The summed E-state index contributed by atoms with van der Waals surface area (Å²) in [5.74, 6) is 1.21. The quantitative estimate of drug-likeness (QED) is 0.663. The summed E-state index contributed by atoms with van der Waals surface area (Å²) in [5, 5.41) is 0. The Morgan fingerprint density at radius 3 is 2.61 bits per heavy atom. The van der Waals surface area contributed by atoms with Gasteiger partial charge < -0.3 is 5.73 Å². The first-order valence-corrected chi connectivity index (χ1v) is 7.50. The van der Waals surface area contributed by atoms with Crippen molar-refractivity contribution in [1.29, 1.82) is 0 Å². The zero-order valence-corrected chi connectivity index (χ0v) is 12.4. The molecule has 0 atom stereocenters. The molecule has 1 fully saturated rings. The van der Waals surface area contributed by atoms with Gasteiger partial charge in [-0.2, -0.15) is 0 Å². The molecule has 0 aliphatic heterocycles. The van der Waals surface area contributed by atoms with Crippen LogP contribution in [0.25, 0.3) is 0 Å². The number of carbonyl (C=O) groups is 1. The number of rotatable bonds is 3. The van der Waals surface area contributed by atoms with Crippen molar-refractivity contribution in [3.05, 3.63) is 28.2 Å². The van der Waals surface area contributed by atoms with E-state index in [0.717, 1.165) is 23.2 Å². The molecule has 0 heterocycles. The lowest BCUT2D eigenvalue weighted by Crippen LogP contribution is -2.22. The predicted octanol–water partition coefficient (Wildman–Crippen LogP) is 4.43. The topological polar surface area (TPSA) is 43.1 Å². The third-order valence-corrected chi connectivity index (χ3v) is 4.57. The highest BCUT2D eigenvalue weighted by Crippen LogP contribution is 2.34. The molecule has 0 bridgehead atoms. The minimum atomic E-state index is 0.171. The van der Waals surface area contributed by atoms with Crippen LogP contribution in [-0.2, 0) is 0 Å². The Morgan fingerprint density at radius 1 is 1.33 bits per heavy atom. The molecule has 98 valence electrons. The number of ketones is 1. The molecular formula is C15H20BrNO. The highest BCUT2D eigenvalue weighted by atomic mass is 79.9. The molecule has 1 aliphatic rings. The number of Topliss-reactive ketones (excluding diaryl/α,β-unsaturated/α-hetero) is 1. The first-order chi connectivity index (χ1) is 8.61. The fraction of sp³-hybridized carbons (Fsp3) is 0.533. The normalized spacial score (nSPS) is 23.9. The lowest BCUT2D eigenvalue weighted by atomic mass is 9.77. The van der Waals surface area contributed by atoms with E-state index in [2.05, 4.69) is 22.9 Å². The lowest BCUT2D eigenvalue weighted by molar-refractivity contribution is 0.0872. The molecule has 3 heteroatoms. The highest BCUT2D eigenvalue weighted by Gasteiger charge is 2.27. The average molecular weight is 310 g/mol. The van der Waals surface area contributed by atoms with Gasteiger partial charge in [-0.05, 0) is 49.8 Å². The minimum Gasteiger partial charge on any atom is -0.398 e. The van der Waals surface area contributed by atoms with Crippen LogP contribution < -0.4 is 5.73 Å². The van der Waals surface area contributed by atoms with Gasteiger partial charge in [0.1, 0.15) is 0 Å². The molecule has 0 amide bonds. The molecule has 1 aromatic rings. The lowest BCUT2D eigenvalue weighted by Gasteiger charge is -2.27. The fourth-order valence-electron chi connectivity index (χ4n) is 2.79. The number of anilines is 1. The number of hydrogen-bond donors (Lipinski definition) is 1. The number of hydrogen-bond acceptors (Lipinski definition) is 2. The van der Waals surface area contributed by atoms with E-state index in [-0.39, 0.29) is 11.7 Å². The Labute approximate surface area is 117 Å². The fourth-order valence-corrected chi connectivity index (χ4v) is 3.16. The van der Waals surface area contributed by atoms with Crippen molar-refractivity contribution >= 4 is 27.4 Å². The Hall–Kier alpha value is -0.830. The second-order valence-corrected chi connectivity index (χ2v) is 6.14. The highest BCUT2D eigenvalue weighted by molar-refractivity contribution is 9.10. The van der Waals surface area contributed by atoms with E-state index in [1.54, 1.807) is 6.07 Å². The molecule has 1 saturated carbocycles. The Balaban J connectivity index is 2.10. The Bertz CT molecular complexity index is 436. The maximum absolute atomic E-state index is 12.5. The zero-order valence-electron chi connectivity index (χ0n) is 10.8. The van der Waals surface area contributed by atoms with E-state index in [4.69, 9.17) is 5.73 Å². The van der Waals surface area contributed by atoms with Crippen LogP contribution in [0.15, 0.2) is 22.7 Å². The van der Waals surface area contributed by atoms with Gasteiger partial charge in [0.15, 0.2) is 5.78 Å². The summed E-state index contributed by atoms with van der Waals surface area (Å²) < 4.78 is 0.919. The van der Waals surface area contributed by atoms with Crippen molar-refractivity contribution in [2.45, 2.75) is 39.0 Å². The van der Waals surface area contributed by atoms with Crippen molar-refractivity contribution < 1.29 is 4.79 Å². The molecule has 0 saturated heterocycles. The van der Waals surface area contributed by atoms with Gasteiger partial charge in [0, 0.05) is 21.6 Å². The second kappa shape index (κ2) is 5.87. The number of carbonyl (C=O) groups excluding carboxylic acids is 1. The van der Waals surface area contributed by atoms with Gasteiger partial charge in [-0.15, -0.1) is 0 Å². The van der Waals surface area contributed by atoms with Gasteiger partial charge in [-0.25, -0.2) is 0 Å². The average Bonchev–Trinajstić information content (AvgIpc) is 2.41. The van der Waals surface area contributed by atoms with Crippen LogP contribution in [0.3, 0.4) is 0 Å². The maximum Gasteiger partial charge on any atom is 0.168 e. The van der Waals surface area contributed by atoms with Crippen LogP contribution >= 0.6 is 15.9 Å². The molecule has 0 unspecified atom stereocenters. The third kappa shape index (κ3) is 2.94. The Morgan fingerprint density at radius 2 is 2.00 bits per heavy atom. The number of nitrogens with two attached hydrogens (primary N) is 1. The molecule has 0 radical (unpaired) electrons. The minimum absolute atomic E-state index is 0.171. The standard InChI is InChI=1S/C15H20BrNO/c1-2-10-3-5-11(6-4-10)15(18)13-9-12(16)7-8-14(13)17/h7-11H,2-6,17H2,1H3.